The summed E-state index contributed by atoms with van der Waals surface area (Å²) in [4.78, 5) is 28.7. The van der Waals surface area contributed by atoms with Gasteiger partial charge in [-0.1, -0.05) is 37.6 Å². The molecule has 0 aromatic heterocycles. The number of thioether (sulfide) groups is 1. The van der Waals surface area contributed by atoms with Gasteiger partial charge >= 0.3 is 0 Å². The van der Waals surface area contributed by atoms with Crippen LogP contribution in [0.4, 0.5) is 0 Å². The molecule has 1 atom stereocenters. The molecule has 2 amide bonds. The van der Waals surface area contributed by atoms with Gasteiger partial charge in [-0.3, -0.25) is 9.59 Å². The summed E-state index contributed by atoms with van der Waals surface area (Å²) < 4.78 is 5.22. The number of hydrogen-bond donors (Lipinski definition) is 1. The summed E-state index contributed by atoms with van der Waals surface area (Å²) in [6.45, 7) is 4.93. The zero-order valence-corrected chi connectivity index (χ0v) is 20.0. The normalized spacial score (nSPS) is 11.6. The van der Waals surface area contributed by atoms with Gasteiger partial charge in [0.1, 0.15) is 11.8 Å². The highest BCUT2D eigenvalue weighted by Crippen LogP contribution is 2.22. The molecule has 0 saturated carbocycles. The van der Waals surface area contributed by atoms with Crippen molar-refractivity contribution in [2.75, 3.05) is 19.4 Å². The first kappa shape index (κ1) is 25.1. The Morgan fingerprint density at radius 1 is 1.10 bits per heavy atom. The number of carbonyl (C=O) groups excluding carboxylic acids is 2. The molecule has 0 fully saturated rings. The van der Waals surface area contributed by atoms with Gasteiger partial charge in [0.25, 0.3) is 0 Å². The van der Waals surface area contributed by atoms with Crippen molar-refractivity contribution in [3.05, 3.63) is 59.1 Å². The monoisotopic (exact) mass is 462 g/mol. The zero-order valence-electron chi connectivity index (χ0n) is 18.4. The minimum absolute atomic E-state index is 0.0317. The Balaban J connectivity index is 2.10. The number of amides is 2. The van der Waals surface area contributed by atoms with E-state index in [-0.39, 0.29) is 11.8 Å². The average Bonchev–Trinajstić information content (AvgIpc) is 2.79. The van der Waals surface area contributed by atoms with E-state index in [1.54, 1.807) is 23.8 Å². The predicted octanol–water partition coefficient (Wildman–Crippen LogP) is 5.16. The van der Waals surface area contributed by atoms with Gasteiger partial charge in [-0.15, -0.1) is 11.8 Å². The lowest BCUT2D eigenvalue weighted by Gasteiger charge is -2.30. The molecule has 7 heteroatoms. The summed E-state index contributed by atoms with van der Waals surface area (Å²) >= 11 is 7.54. The predicted molar refractivity (Wildman–Crippen MR) is 128 cm³/mol. The lowest BCUT2D eigenvalue weighted by Crippen LogP contribution is -2.49. The van der Waals surface area contributed by atoms with Gasteiger partial charge < -0.3 is 15.0 Å². The fourth-order valence-electron chi connectivity index (χ4n) is 3.14. The number of nitrogens with zero attached hydrogens (tertiary/aromatic N) is 1. The molecule has 0 bridgehead atoms. The minimum atomic E-state index is -0.498. The number of hydrogen-bond acceptors (Lipinski definition) is 4. The fourth-order valence-corrected chi connectivity index (χ4v) is 4.11. The fraction of sp³-hybridized carbons (Fsp3) is 0.417. The lowest BCUT2D eigenvalue weighted by molar-refractivity contribution is -0.141. The van der Waals surface area contributed by atoms with Crippen LogP contribution in [0.1, 0.15) is 38.7 Å². The molecule has 0 aliphatic heterocycles. The molecule has 0 saturated heterocycles. The van der Waals surface area contributed by atoms with Crippen molar-refractivity contribution in [3.63, 3.8) is 0 Å². The molecular formula is C24H31ClN2O3S. The third-order valence-electron chi connectivity index (χ3n) is 4.85. The van der Waals surface area contributed by atoms with Crippen molar-refractivity contribution in [1.29, 1.82) is 0 Å². The van der Waals surface area contributed by atoms with Gasteiger partial charge in [-0.2, -0.15) is 0 Å². The molecule has 0 heterocycles. The van der Waals surface area contributed by atoms with Crippen molar-refractivity contribution in [3.8, 4) is 5.75 Å². The number of halogens is 1. The van der Waals surface area contributed by atoms with Crippen LogP contribution in [0.25, 0.3) is 0 Å². The second kappa shape index (κ2) is 13.3. The van der Waals surface area contributed by atoms with Crippen LogP contribution in [-0.4, -0.2) is 42.2 Å². The molecule has 2 aromatic rings. The smallest absolute Gasteiger partial charge is 0.242 e. The Bertz CT molecular complexity index is 828. The van der Waals surface area contributed by atoms with Crippen molar-refractivity contribution in [1.82, 2.24) is 10.2 Å². The van der Waals surface area contributed by atoms with Crippen LogP contribution in [0.5, 0.6) is 5.75 Å². The molecule has 2 rings (SSSR count). The van der Waals surface area contributed by atoms with E-state index in [0.29, 0.717) is 36.7 Å². The second-order valence-corrected chi connectivity index (χ2v) is 8.74. The van der Waals surface area contributed by atoms with E-state index in [1.165, 1.54) is 0 Å². The number of benzene rings is 2. The van der Waals surface area contributed by atoms with E-state index in [9.17, 15) is 9.59 Å². The Labute approximate surface area is 194 Å². The lowest BCUT2D eigenvalue weighted by atomic mass is 10.1. The Hall–Kier alpha value is -2.18. The van der Waals surface area contributed by atoms with Crippen LogP contribution in [0.15, 0.2) is 53.4 Å². The summed E-state index contributed by atoms with van der Waals surface area (Å²) in [7, 11) is 1.62. The van der Waals surface area contributed by atoms with Crippen LogP contribution >= 0.6 is 23.4 Å². The summed E-state index contributed by atoms with van der Waals surface area (Å²) in [5, 5.41) is 3.63. The topological polar surface area (TPSA) is 58.6 Å². The molecule has 1 N–H and O–H groups in total. The SMILES string of the molecule is CCCNC(=O)C(CC)N(Cc1ccc(OC)cc1)C(=O)CCSc1ccc(Cl)cc1. The Morgan fingerprint density at radius 2 is 1.77 bits per heavy atom. The van der Waals surface area contributed by atoms with Gasteiger partial charge in [0.05, 0.1) is 7.11 Å². The summed E-state index contributed by atoms with van der Waals surface area (Å²) in [6, 6.07) is 14.7. The maximum atomic E-state index is 13.2. The van der Waals surface area contributed by atoms with Crippen molar-refractivity contribution < 1.29 is 14.3 Å². The third kappa shape index (κ3) is 8.11. The van der Waals surface area contributed by atoms with E-state index >= 15 is 0 Å². The van der Waals surface area contributed by atoms with Gasteiger partial charge in [0.2, 0.25) is 11.8 Å². The molecule has 0 radical (unpaired) electrons. The van der Waals surface area contributed by atoms with Crippen LogP contribution in [0.2, 0.25) is 5.02 Å². The highest BCUT2D eigenvalue weighted by atomic mass is 35.5. The van der Waals surface area contributed by atoms with Crippen molar-refractivity contribution in [2.45, 2.75) is 50.6 Å². The van der Waals surface area contributed by atoms with Crippen LogP contribution < -0.4 is 10.1 Å². The van der Waals surface area contributed by atoms with E-state index in [2.05, 4.69) is 5.32 Å². The molecular weight excluding hydrogens is 432 g/mol. The quantitative estimate of drug-likeness (QED) is 0.442. The number of ether oxygens (including phenoxy) is 1. The second-order valence-electron chi connectivity index (χ2n) is 7.14. The van der Waals surface area contributed by atoms with E-state index < -0.39 is 6.04 Å². The highest BCUT2D eigenvalue weighted by molar-refractivity contribution is 7.99. The molecule has 1 unspecified atom stereocenters. The molecule has 5 nitrogen and oxygen atoms in total. The van der Waals surface area contributed by atoms with Gasteiger partial charge in [0.15, 0.2) is 0 Å². The van der Waals surface area contributed by atoms with Gasteiger partial charge in [0, 0.05) is 35.2 Å². The first-order chi connectivity index (χ1) is 15.0. The number of carbonyl (C=O) groups is 2. The first-order valence-corrected chi connectivity index (χ1v) is 11.9. The van der Waals surface area contributed by atoms with Crippen LogP contribution in [-0.2, 0) is 16.1 Å². The average molecular weight is 463 g/mol. The number of methoxy groups -OCH3 is 1. The summed E-state index contributed by atoms with van der Waals surface area (Å²) in [5.41, 5.74) is 0.959. The summed E-state index contributed by atoms with van der Waals surface area (Å²) in [6.07, 6.45) is 1.76. The van der Waals surface area contributed by atoms with Gasteiger partial charge in [-0.25, -0.2) is 0 Å². The highest BCUT2D eigenvalue weighted by Gasteiger charge is 2.28. The standard InChI is InChI=1S/C24H31ClN2O3S/c1-4-15-26-24(29)22(5-2)27(17-18-6-10-20(30-3)11-7-18)23(28)14-16-31-21-12-8-19(25)9-13-21/h6-13,22H,4-5,14-17H2,1-3H3,(H,26,29). The van der Waals surface area contributed by atoms with Gasteiger partial charge in [-0.05, 0) is 54.8 Å². The number of rotatable bonds is 12. The third-order valence-corrected chi connectivity index (χ3v) is 6.11. The first-order valence-electron chi connectivity index (χ1n) is 10.6. The molecule has 0 aliphatic carbocycles. The number of nitrogens with one attached hydrogen (secondary N) is 1. The molecule has 0 spiro atoms. The van der Waals surface area contributed by atoms with Crippen LogP contribution in [0.3, 0.4) is 0 Å². The van der Waals surface area contributed by atoms with Crippen molar-refractivity contribution in [2.24, 2.45) is 0 Å². The van der Waals surface area contributed by atoms with Crippen LogP contribution in [0, 0.1) is 0 Å². The van der Waals surface area contributed by atoms with E-state index in [4.69, 9.17) is 16.3 Å². The Kier molecular flexibility index (Phi) is 10.7. The molecule has 2 aromatic carbocycles. The minimum Gasteiger partial charge on any atom is -0.497 e. The van der Waals surface area contributed by atoms with Crippen molar-refractivity contribution >= 4 is 35.2 Å². The van der Waals surface area contributed by atoms with E-state index in [0.717, 1.165) is 22.6 Å². The molecule has 31 heavy (non-hydrogen) atoms. The maximum Gasteiger partial charge on any atom is 0.242 e. The summed E-state index contributed by atoms with van der Waals surface area (Å²) in [5.74, 6) is 1.26. The van der Waals surface area contributed by atoms with E-state index in [1.807, 2.05) is 62.4 Å². The zero-order chi connectivity index (χ0) is 22.6. The Morgan fingerprint density at radius 3 is 2.35 bits per heavy atom. The maximum absolute atomic E-state index is 13.2. The molecule has 0 aliphatic rings. The molecule has 168 valence electrons. The largest absolute Gasteiger partial charge is 0.497 e.